The third kappa shape index (κ3) is 4.94. The number of ether oxygens (including phenoxy) is 1. The molecule has 2 aromatic carbocycles. The van der Waals surface area contributed by atoms with Gasteiger partial charge < -0.3 is 15.0 Å². The van der Waals surface area contributed by atoms with Crippen molar-refractivity contribution in [3.63, 3.8) is 0 Å². The molecule has 154 valence electrons. The van der Waals surface area contributed by atoms with Crippen LogP contribution in [0, 0.1) is 6.92 Å². The summed E-state index contributed by atoms with van der Waals surface area (Å²) in [5, 5.41) is 3.21. The van der Waals surface area contributed by atoms with E-state index in [1.165, 1.54) is 0 Å². The molecular formula is C22H25ClN2O3S. The number of thioether (sulfide) groups is 1. The van der Waals surface area contributed by atoms with E-state index in [4.69, 9.17) is 16.3 Å². The van der Waals surface area contributed by atoms with Crippen LogP contribution in [0.4, 0.5) is 0 Å². The first-order valence-electron chi connectivity index (χ1n) is 9.55. The maximum atomic E-state index is 13.5. The zero-order chi connectivity index (χ0) is 20.8. The summed E-state index contributed by atoms with van der Waals surface area (Å²) in [6.45, 7) is 2.99. The lowest BCUT2D eigenvalue weighted by atomic mass is 10.1. The van der Waals surface area contributed by atoms with Gasteiger partial charge >= 0.3 is 0 Å². The Morgan fingerprint density at radius 2 is 1.93 bits per heavy atom. The molecule has 1 aliphatic rings. The molecule has 0 radical (unpaired) electrons. The van der Waals surface area contributed by atoms with E-state index in [1.54, 1.807) is 29.8 Å². The lowest BCUT2D eigenvalue weighted by Gasteiger charge is -2.30. The van der Waals surface area contributed by atoms with Crippen LogP contribution in [-0.2, 0) is 9.53 Å². The molecule has 1 aliphatic heterocycles. The minimum Gasteiger partial charge on any atom is -0.385 e. The van der Waals surface area contributed by atoms with E-state index in [9.17, 15) is 9.59 Å². The molecule has 1 fully saturated rings. The summed E-state index contributed by atoms with van der Waals surface area (Å²) in [5.41, 5.74) is 2.33. The van der Waals surface area contributed by atoms with Gasteiger partial charge in [-0.3, -0.25) is 9.59 Å². The maximum Gasteiger partial charge on any atom is 0.256 e. The fourth-order valence-corrected chi connectivity index (χ4v) is 5.14. The van der Waals surface area contributed by atoms with Crippen molar-refractivity contribution < 1.29 is 14.3 Å². The third-order valence-electron chi connectivity index (χ3n) is 4.91. The molecule has 2 amide bonds. The average Bonchev–Trinajstić information content (AvgIpc) is 3.16. The minimum atomic E-state index is -0.559. The van der Waals surface area contributed by atoms with Crippen LogP contribution < -0.4 is 5.32 Å². The number of rotatable bonds is 7. The van der Waals surface area contributed by atoms with E-state index < -0.39 is 6.04 Å². The van der Waals surface area contributed by atoms with Crippen LogP contribution in [0.15, 0.2) is 48.5 Å². The van der Waals surface area contributed by atoms with Crippen LogP contribution in [0.25, 0.3) is 0 Å². The van der Waals surface area contributed by atoms with Crippen molar-refractivity contribution in [3.05, 3.63) is 70.2 Å². The van der Waals surface area contributed by atoms with Crippen LogP contribution in [0.1, 0.15) is 33.3 Å². The van der Waals surface area contributed by atoms with Crippen molar-refractivity contribution >= 4 is 35.2 Å². The number of nitrogens with zero attached hydrogens (tertiary/aromatic N) is 1. The zero-order valence-electron chi connectivity index (χ0n) is 16.6. The Balaban J connectivity index is 1.90. The summed E-state index contributed by atoms with van der Waals surface area (Å²) in [7, 11) is 1.63. The van der Waals surface area contributed by atoms with E-state index in [2.05, 4.69) is 5.32 Å². The molecule has 0 aliphatic carbocycles. The number of hydrogen-bond donors (Lipinski definition) is 1. The fourth-order valence-electron chi connectivity index (χ4n) is 3.37. The van der Waals surface area contributed by atoms with E-state index in [0.717, 1.165) is 17.5 Å². The maximum absolute atomic E-state index is 13.5. The van der Waals surface area contributed by atoms with Gasteiger partial charge in [0.2, 0.25) is 5.91 Å². The highest BCUT2D eigenvalue weighted by Crippen LogP contribution is 2.44. The zero-order valence-corrected chi connectivity index (χ0v) is 18.1. The molecule has 2 unspecified atom stereocenters. The molecule has 0 aromatic heterocycles. The minimum absolute atomic E-state index is 0.148. The highest BCUT2D eigenvalue weighted by molar-refractivity contribution is 7.99. The van der Waals surface area contributed by atoms with Crippen LogP contribution in [0.5, 0.6) is 0 Å². The molecule has 29 heavy (non-hydrogen) atoms. The number of amides is 2. The van der Waals surface area contributed by atoms with Gasteiger partial charge in [-0.15, -0.1) is 11.8 Å². The van der Waals surface area contributed by atoms with Crippen LogP contribution >= 0.6 is 23.4 Å². The molecule has 5 nitrogen and oxygen atoms in total. The number of carbonyl (C=O) groups excluding carboxylic acids is 2. The van der Waals surface area contributed by atoms with E-state index in [0.29, 0.717) is 29.5 Å². The molecule has 0 saturated carbocycles. The Hall–Kier alpha value is -2.02. The first-order valence-corrected chi connectivity index (χ1v) is 11.0. The standard InChI is InChI=1S/C22H25ClN2O3S/c1-15-8-3-4-9-16(15)21(27)25-19(20(26)24-12-7-13-28-2)14-29-22(25)17-10-5-6-11-18(17)23/h3-6,8-11,19,22H,7,12-14H2,1-2H3,(H,24,26). The number of aryl methyl sites for hydroxylation is 1. The molecule has 2 aromatic rings. The Morgan fingerprint density at radius 1 is 1.21 bits per heavy atom. The highest BCUT2D eigenvalue weighted by atomic mass is 35.5. The van der Waals surface area contributed by atoms with Gasteiger partial charge in [0.05, 0.1) is 0 Å². The van der Waals surface area contributed by atoms with Gasteiger partial charge in [0.15, 0.2) is 0 Å². The van der Waals surface area contributed by atoms with Gasteiger partial charge in [-0.05, 0) is 31.0 Å². The number of carbonyl (C=O) groups is 2. The summed E-state index contributed by atoms with van der Waals surface area (Å²) < 4.78 is 5.03. The fraction of sp³-hybridized carbons (Fsp3) is 0.364. The normalized spacial score (nSPS) is 18.7. The van der Waals surface area contributed by atoms with E-state index in [1.807, 2.05) is 49.4 Å². The first kappa shape index (κ1) is 21.7. The molecular weight excluding hydrogens is 408 g/mol. The number of hydrogen-bond acceptors (Lipinski definition) is 4. The van der Waals surface area contributed by atoms with Gasteiger partial charge in [-0.2, -0.15) is 0 Å². The van der Waals surface area contributed by atoms with Crippen LogP contribution in [-0.4, -0.2) is 48.8 Å². The Bertz CT molecular complexity index is 877. The van der Waals surface area contributed by atoms with Crippen LogP contribution in [0.3, 0.4) is 0 Å². The monoisotopic (exact) mass is 432 g/mol. The second-order valence-corrected chi connectivity index (χ2v) is 8.41. The van der Waals surface area contributed by atoms with Crippen molar-refractivity contribution in [1.82, 2.24) is 10.2 Å². The molecule has 0 bridgehead atoms. The van der Waals surface area contributed by atoms with Gasteiger partial charge in [-0.1, -0.05) is 48.0 Å². The number of benzene rings is 2. The lowest BCUT2D eigenvalue weighted by Crippen LogP contribution is -2.48. The second kappa shape index (κ2) is 10.1. The Labute approximate surface area is 180 Å². The predicted octanol–water partition coefficient (Wildman–Crippen LogP) is 4.06. The molecule has 3 rings (SSSR count). The van der Waals surface area contributed by atoms with Crippen molar-refractivity contribution in [3.8, 4) is 0 Å². The Kier molecular flexibility index (Phi) is 7.58. The third-order valence-corrected chi connectivity index (χ3v) is 6.56. The van der Waals surface area contributed by atoms with Crippen molar-refractivity contribution in [2.75, 3.05) is 26.0 Å². The smallest absolute Gasteiger partial charge is 0.256 e. The van der Waals surface area contributed by atoms with Crippen molar-refractivity contribution in [1.29, 1.82) is 0 Å². The van der Waals surface area contributed by atoms with Gasteiger partial charge in [-0.25, -0.2) is 0 Å². The average molecular weight is 433 g/mol. The number of nitrogens with one attached hydrogen (secondary N) is 1. The molecule has 1 heterocycles. The molecule has 7 heteroatoms. The second-order valence-electron chi connectivity index (χ2n) is 6.89. The largest absolute Gasteiger partial charge is 0.385 e. The van der Waals surface area contributed by atoms with Gasteiger partial charge in [0.25, 0.3) is 5.91 Å². The molecule has 1 N–H and O–H groups in total. The topological polar surface area (TPSA) is 58.6 Å². The molecule has 0 spiro atoms. The molecule has 2 atom stereocenters. The Morgan fingerprint density at radius 3 is 2.66 bits per heavy atom. The first-order chi connectivity index (χ1) is 14.0. The van der Waals surface area contributed by atoms with Gasteiger partial charge in [0.1, 0.15) is 11.4 Å². The number of halogens is 1. The molecule has 1 saturated heterocycles. The quantitative estimate of drug-likeness (QED) is 0.670. The lowest BCUT2D eigenvalue weighted by molar-refractivity contribution is -0.124. The van der Waals surface area contributed by atoms with Crippen LogP contribution in [0.2, 0.25) is 5.02 Å². The highest BCUT2D eigenvalue weighted by Gasteiger charge is 2.43. The summed E-state index contributed by atoms with van der Waals surface area (Å²) >= 11 is 7.99. The van der Waals surface area contributed by atoms with Gasteiger partial charge in [0, 0.05) is 42.2 Å². The predicted molar refractivity (Wildman–Crippen MR) is 117 cm³/mol. The number of methoxy groups -OCH3 is 1. The van der Waals surface area contributed by atoms with E-state index in [-0.39, 0.29) is 17.2 Å². The summed E-state index contributed by atoms with van der Waals surface area (Å²) in [6, 6.07) is 14.4. The van der Waals surface area contributed by atoms with Crippen molar-refractivity contribution in [2.45, 2.75) is 24.8 Å². The van der Waals surface area contributed by atoms with E-state index >= 15 is 0 Å². The summed E-state index contributed by atoms with van der Waals surface area (Å²) in [5.74, 6) is 0.212. The SMILES string of the molecule is COCCCNC(=O)C1CSC(c2ccccc2Cl)N1C(=O)c1ccccc1C. The summed E-state index contributed by atoms with van der Waals surface area (Å²) in [4.78, 5) is 28.1. The summed E-state index contributed by atoms with van der Waals surface area (Å²) in [6.07, 6.45) is 0.724. The van der Waals surface area contributed by atoms with Crippen molar-refractivity contribution in [2.24, 2.45) is 0 Å².